The van der Waals surface area contributed by atoms with Crippen molar-refractivity contribution in [1.29, 1.82) is 0 Å². The molecule has 5 rings (SSSR count). The van der Waals surface area contributed by atoms with Crippen LogP contribution in [0.2, 0.25) is 0 Å². The molecular weight excluding hydrogens is 502 g/mol. The molecule has 0 amide bonds. The summed E-state index contributed by atoms with van der Waals surface area (Å²) in [6, 6.07) is 3.47. The number of cyclic esters (lactones) is 1. The zero-order valence-corrected chi connectivity index (χ0v) is 23.8. The molecule has 1 aromatic rings. The molecule has 1 aromatic heterocycles. The van der Waals surface area contributed by atoms with Crippen LogP contribution < -0.4 is 0 Å². The summed E-state index contributed by atoms with van der Waals surface area (Å²) in [4.78, 5) is 29.3. The summed E-state index contributed by atoms with van der Waals surface area (Å²) in [7, 11) is 4.86. The fourth-order valence-corrected chi connectivity index (χ4v) is 7.60. The number of aromatic amines is 1. The van der Waals surface area contributed by atoms with Gasteiger partial charge in [-0.1, -0.05) is 32.1 Å². The van der Waals surface area contributed by atoms with E-state index in [0.717, 1.165) is 5.57 Å². The predicted molar refractivity (Wildman–Crippen MR) is 142 cm³/mol. The normalized spacial score (nSPS) is 42.2. The first-order valence-electron chi connectivity index (χ1n) is 13.9. The smallest absolute Gasteiger partial charge is 0.355 e. The van der Waals surface area contributed by atoms with Crippen LogP contribution in [0.1, 0.15) is 44.6 Å². The SMILES string of the molecule is COC1CC2C=CC3C4OC2(C(C)=CC(C)C(C(C)OC)OC1=O)C3C(OC)C(C)C4OC(=O)c1ccc[nH]1. The van der Waals surface area contributed by atoms with Crippen LogP contribution in [0.5, 0.6) is 0 Å². The highest BCUT2D eigenvalue weighted by Crippen LogP contribution is 2.61. The number of methoxy groups -OCH3 is 3. The molecule has 2 fully saturated rings. The van der Waals surface area contributed by atoms with Crippen LogP contribution in [0.4, 0.5) is 0 Å². The monoisotopic (exact) mass is 543 g/mol. The lowest BCUT2D eigenvalue weighted by atomic mass is 9.57. The highest BCUT2D eigenvalue weighted by molar-refractivity contribution is 5.87. The number of hydrogen-bond donors (Lipinski definition) is 1. The van der Waals surface area contributed by atoms with Gasteiger partial charge in [-0.25, -0.2) is 9.59 Å². The van der Waals surface area contributed by atoms with Gasteiger partial charge in [0.05, 0.1) is 12.2 Å². The van der Waals surface area contributed by atoms with Crippen LogP contribution in [-0.4, -0.2) is 80.5 Å². The Balaban J connectivity index is 1.60. The zero-order valence-electron chi connectivity index (χ0n) is 23.8. The lowest BCUT2D eigenvalue weighted by molar-refractivity contribution is -0.173. The average Bonchev–Trinajstić information content (AvgIpc) is 3.51. The van der Waals surface area contributed by atoms with E-state index >= 15 is 0 Å². The predicted octanol–water partition coefficient (Wildman–Crippen LogP) is 3.71. The Bertz CT molecular complexity index is 1110. The largest absolute Gasteiger partial charge is 0.457 e. The first-order valence-corrected chi connectivity index (χ1v) is 13.9. The Morgan fingerprint density at radius 3 is 2.56 bits per heavy atom. The van der Waals surface area contributed by atoms with Crippen LogP contribution in [0.15, 0.2) is 42.1 Å². The van der Waals surface area contributed by atoms with Crippen LogP contribution >= 0.6 is 0 Å². The minimum atomic E-state index is -0.776. The third-order valence-corrected chi connectivity index (χ3v) is 9.53. The second kappa shape index (κ2) is 10.8. The highest BCUT2D eigenvalue weighted by Gasteiger charge is 2.69. The summed E-state index contributed by atoms with van der Waals surface area (Å²) in [5, 5.41) is 0. The molecule has 4 bridgehead atoms. The second-order valence-corrected chi connectivity index (χ2v) is 11.5. The van der Waals surface area contributed by atoms with Crippen molar-refractivity contribution in [1.82, 2.24) is 4.98 Å². The number of H-pyrrole nitrogens is 1. The van der Waals surface area contributed by atoms with Crippen molar-refractivity contribution in [2.24, 2.45) is 29.6 Å². The summed E-state index contributed by atoms with van der Waals surface area (Å²) in [6.07, 6.45) is 5.84. The number of rotatable bonds is 6. The molecule has 1 N–H and O–H groups in total. The van der Waals surface area contributed by atoms with Gasteiger partial charge in [0.2, 0.25) is 0 Å². The third-order valence-electron chi connectivity index (χ3n) is 9.53. The van der Waals surface area contributed by atoms with E-state index in [9.17, 15) is 9.59 Å². The van der Waals surface area contributed by atoms with Crippen LogP contribution in [0, 0.1) is 29.6 Å². The highest BCUT2D eigenvalue weighted by atomic mass is 16.6. The minimum Gasteiger partial charge on any atom is -0.457 e. The Kier molecular flexibility index (Phi) is 7.81. The molecule has 1 spiro atoms. The van der Waals surface area contributed by atoms with Gasteiger partial charge in [0.25, 0.3) is 0 Å². The summed E-state index contributed by atoms with van der Waals surface area (Å²) in [5.41, 5.74) is 0.679. The van der Waals surface area contributed by atoms with Crippen LogP contribution in [0.3, 0.4) is 0 Å². The maximum absolute atomic E-state index is 13.3. The fourth-order valence-electron chi connectivity index (χ4n) is 7.60. The second-order valence-electron chi connectivity index (χ2n) is 11.5. The summed E-state index contributed by atoms with van der Waals surface area (Å²) < 4.78 is 36.7. The summed E-state index contributed by atoms with van der Waals surface area (Å²) >= 11 is 0. The van der Waals surface area contributed by atoms with Gasteiger partial charge in [0.15, 0.2) is 6.10 Å². The molecule has 214 valence electrons. The summed E-state index contributed by atoms with van der Waals surface area (Å²) in [5.74, 6) is -1.32. The quantitative estimate of drug-likeness (QED) is 0.428. The van der Waals surface area contributed by atoms with Crippen LogP contribution in [-0.2, 0) is 33.2 Å². The van der Waals surface area contributed by atoms with Crippen molar-refractivity contribution in [3.05, 3.63) is 47.8 Å². The molecule has 4 aliphatic rings. The molecular formula is C30H41NO8. The molecule has 2 aliphatic heterocycles. The Hall–Kier alpha value is -2.46. The Morgan fingerprint density at radius 2 is 1.92 bits per heavy atom. The van der Waals surface area contributed by atoms with Crippen LogP contribution in [0.25, 0.3) is 0 Å². The Labute approximate surface area is 230 Å². The molecule has 12 atom stereocenters. The Morgan fingerprint density at radius 1 is 1.15 bits per heavy atom. The van der Waals surface area contributed by atoms with E-state index in [2.05, 4.69) is 37.1 Å². The van der Waals surface area contributed by atoms with Gasteiger partial charge < -0.3 is 33.4 Å². The molecule has 0 radical (unpaired) electrons. The van der Waals surface area contributed by atoms with Crippen molar-refractivity contribution >= 4 is 11.9 Å². The van der Waals surface area contributed by atoms with Gasteiger partial charge in [0.1, 0.15) is 29.6 Å². The topological polar surface area (TPSA) is 105 Å². The van der Waals surface area contributed by atoms with Gasteiger partial charge in [-0.05, 0) is 38.0 Å². The number of carbonyl (C=O) groups is 2. The van der Waals surface area contributed by atoms with E-state index in [0.29, 0.717) is 12.1 Å². The molecule has 12 unspecified atom stereocenters. The van der Waals surface area contributed by atoms with Gasteiger partial charge >= 0.3 is 11.9 Å². The molecule has 3 heterocycles. The lowest BCUT2D eigenvalue weighted by Gasteiger charge is -2.49. The number of nitrogens with one attached hydrogen (secondary N) is 1. The minimum absolute atomic E-state index is 0.0212. The van der Waals surface area contributed by atoms with Crippen molar-refractivity contribution in [2.75, 3.05) is 21.3 Å². The van der Waals surface area contributed by atoms with Crippen molar-refractivity contribution < 1.29 is 38.0 Å². The number of ether oxygens (including phenoxy) is 6. The molecule has 9 nitrogen and oxygen atoms in total. The lowest BCUT2D eigenvalue weighted by Crippen LogP contribution is -2.57. The molecule has 0 aromatic carbocycles. The van der Waals surface area contributed by atoms with Gasteiger partial charge in [-0.15, -0.1) is 0 Å². The fraction of sp³-hybridized carbons (Fsp3) is 0.667. The number of aromatic nitrogens is 1. The standard InChI is InChI=1S/C30H41NO8/c1-15-13-16(2)30-19(14-22(35-6)29(33)37-24(15)18(4)34-5)10-11-20-23(30)25(36-7)17(3)26(27(20)39-30)38-28(32)21-9-8-12-31-21/h8-13,15,17-20,22-27,31H,14H2,1-7H3. The van der Waals surface area contributed by atoms with Gasteiger partial charge in [-0.2, -0.15) is 0 Å². The van der Waals surface area contributed by atoms with E-state index in [-0.39, 0.29) is 47.9 Å². The van der Waals surface area contributed by atoms with Crippen molar-refractivity contribution in [3.8, 4) is 0 Å². The zero-order chi connectivity index (χ0) is 28.1. The van der Waals surface area contributed by atoms with E-state index in [1.807, 2.05) is 13.8 Å². The molecule has 1 saturated heterocycles. The number of carbonyl (C=O) groups excluding carboxylic acids is 2. The number of hydrogen-bond acceptors (Lipinski definition) is 8. The first kappa shape index (κ1) is 28.1. The van der Waals surface area contributed by atoms with E-state index < -0.39 is 35.9 Å². The third kappa shape index (κ3) is 4.47. The maximum Gasteiger partial charge on any atom is 0.355 e. The van der Waals surface area contributed by atoms with E-state index in [4.69, 9.17) is 28.4 Å². The maximum atomic E-state index is 13.3. The average molecular weight is 544 g/mol. The van der Waals surface area contributed by atoms with Crippen molar-refractivity contribution in [2.45, 2.75) is 76.3 Å². The molecule has 39 heavy (non-hydrogen) atoms. The number of esters is 2. The summed E-state index contributed by atoms with van der Waals surface area (Å²) in [6.45, 7) is 8.09. The van der Waals surface area contributed by atoms with E-state index in [1.54, 1.807) is 32.5 Å². The molecule has 1 saturated carbocycles. The molecule has 2 aliphatic carbocycles. The molecule has 9 heteroatoms. The van der Waals surface area contributed by atoms with E-state index in [1.165, 1.54) is 7.11 Å². The van der Waals surface area contributed by atoms with Gasteiger partial charge in [-0.3, -0.25) is 0 Å². The van der Waals surface area contributed by atoms with Crippen molar-refractivity contribution in [3.63, 3.8) is 0 Å². The first-order chi connectivity index (χ1) is 18.7. The van der Waals surface area contributed by atoms with Gasteiger partial charge in [0, 0.05) is 57.1 Å².